The van der Waals surface area contributed by atoms with Crippen LogP contribution < -0.4 is 5.73 Å². The van der Waals surface area contributed by atoms with Gasteiger partial charge in [0.25, 0.3) is 0 Å². The van der Waals surface area contributed by atoms with Crippen molar-refractivity contribution in [1.82, 2.24) is 0 Å². The average molecular weight is 272 g/mol. The normalized spacial score (nSPS) is 24.9. The van der Waals surface area contributed by atoms with Gasteiger partial charge in [0, 0.05) is 0 Å². The largest absolute Gasteiger partial charge is 0.330 e. The molecule has 3 heteroatoms. The molecule has 1 saturated carbocycles. The van der Waals surface area contributed by atoms with Crippen molar-refractivity contribution in [2.24, 2.45) is 17.6 Å². The Morgan fingerprint density at radius 2 is 1.76 bits per heavy atom. The third-order valence-electron chi connectivity index (χ3n) is 3.85. The summed E-state index contributed by atoms with van der Waals surface area (Å²) in [6.07, 6.45) is 6.32. The van der Waals surface area contributed by atoms with E-state index in [4.69, 9.17) is 28.9 Å². The molecule has 0 spiro atoms. The molecule has 1 aliphatic rings. The Morgan fingerprint density at radius 1 is 1.06 bits per heavy atom. The second-order valence-corrected chi connectivity index (χ2v) is 5.81. The summed E-state index contributed by atoms with van der Waals surface area (Å²) in [6, 6.07) is 5.96. The summed E-state index contributed by atoms with van der Waals surface area (Å²) in [6.45, 7) is 0.811. The molecule has 0 aliphatic heterocycles. The summed E-state index contributed by atoms with van der Waals surface area (Å²) in [5.74, 6) is 1.39. The van der Waals surface area contributed by atoms with Crippen molar-refractivity contribution in [3.05, 3.63) is 33.8 Å². The number of benzene rings is 1. The quantitative estimate of drug-likeness (QED) is 0.872. The van der Waals surface area contributed by atoms with Crippen molar-refractivity contribution >= 4 is 23.2 Å². The Bertz CT molecular complexity index is 378. The molecule has 2 rings (SSSR count). The zero-order valence-electron chi connectivity index (χ0n) is 9.96. The number of halogens is 2. The van der Waals surface area contributed by atoms with E-state index in [0.717, 1.165) is 13.0 Å². The highest BCUT2D eigenvalue weighted by atomic mass is 35.5. The number of hydrogen-bond donors (Lipinski definition) is 1. The predicted molar refractivity (Wildman–Crippen MR) is 74.7 cm³/mol. The Labute approximate surface area is 113 Å². The first kappa shape index (κ1) is 13.2. The molecule has 0 radical (unpaired) electrons. The van der Waals surface area contributed by atoms with Gasteiger partial charge >= 0.3 is 0 Å². The zero-order chi connectivity index (χ0) is 12.3. The van der Waals surface area contributed by atoms with E-state index in [1.165, 1.54) is 31.2 Å². The van der Waals surface area contributed by atoms with Crippen molar-refractivity contribution in [3.8, 4) is 0 Å². The van der Waals surface area contributed by atoms with Gasteiger partial charge in [0.15, 0.2) is 0 Å². The van der Waals surface area contributed by atoms with Gasteiger partial charge < -0.3 is 5.73 Å². The maximum Gasteiger partial charge on any atom is 0.0595 e. The van der Waals surface area contributed by atoms with Crippen LogP contribution in [0.3, 0.4) is 0 Å². The summed E-state index contributed by atoms with van der Waals surface area (Å²) in [5, 5.41) is 1.29. The third kappa shape index (κ3) is 3.37. The van der Waals surface area contributed by atoms with E-state index in [2.05, 4.69) is 6.07 Å². The number of hydrogen-bond acceptors (Lipinski definition) is 1. The monoisotopic (exact) mass is 271 g/mol. The third-order valence-corrected chi connectivity index (χ3v) is 4.59. The molecule has 1 aliphatic carbocycles. The molecule has 0 heterocycles. The highest BCUT2D eigenvalue weighted by Gasteiger charge is 2.24. The average Bonchev–Trinajstić information content (AvgIpc) is 2.34. The maximum absolute atomic E-state index is 6.05. The van der Waals surface area contributed by atoms with E-state index >= 15 is 0 Å². The summed E-state index contributed by atoms with van der Waals surface area (Å²) in [5.41, 5.74) is 7.14. The van der Waals surface area contributed by atoms with E-state index in [9.17, 15) is 0 Å². The molecule has 0 aromatic heterocycles. The Morgan fingerprint density at radius 3 is 2.41 bits per heavy atom. The Kier molecular flexibility index (Phi) is 4.72. The minimum absolute atomic E-state index is 0.634. The van der Waals surface area contributed by atoms with E-state index in [-0.39, 0.29) is 0 Å². The van der Waals surface area contributed by atoms with Crippen LogP contribution in [-0.2, 0) is 6.42 Å². The van der Waals surface area contributed by atoms with Gasteiger partial charge in [-0.2, -0.15) is 0 Å². The first-order valence-electron chi connectivity index (χ1n) is 6.34. The Balaban J connectivity index is 2.05. The lowest BCUT2D eigenvalue weighted by atomic mass is 9.76. The van der Waals surface area contributed by atoms with Crippen LogP contribution in [0.5, 0.6) is 0 Å². The van der Waals surface area contributed by atoms with Crippen LogP contribution in [0.1, 0.15) is 31.2 Å². The lowest BCUT2D eigenvalue weighted by Crippen LogP contribution is -2.28. The van der Waals surface area contributed by atoms with E-state index in [1.807, 2.05) is 12.1 Å². The maximum atomic E-state index is 6.05. The second kappa shape index (κ2) is 6.08. The van der Waals surface area contributed by atoms with E-state index in [0.29, 0.717) is 21.9 Å². The van der Waals surface area contributed by atoms with Crippen LogP contribution >= 0.6 is 23.2 Å². The van der Waals surface area contributed by atoms with Crippen molar-refractivity contribution in [2.45, 2.75) is 32.1 Å². The van der Waals surface area contributed by atoms with Gasteiger partial charge in [-0.1, -0.05) is 42.1 Å². The summed E-state index contributed by atoms with van der Waals surface area (Å²) in [7, 11) is 0. The van der Waals surface area contributed by atoms with Crippen molar-refractivity contribution in [3.63, 3.8) is 0 Å². The molecule has 17 heavy (non-hydrogen) atoms. The highest BCUT2D eigenvalue weighted by molar-refractivity contribution is 6.42. The van der Waals surface area contributed by atoms with Gasteiger partial charge in [0.2, 0.25) is 0 Å². The van der Waals surface area contributed by atoms with Crippen molar-refractivity contribution in [2.75, 3.05) is 6.54 Å². The first-order valence-corrected chi connectivity index (χ1v) is 7.10. The minimum Gasteiger partial charge on any atom is -0.330 e. The van der Waals surface area contributed by atoms with Crippen molar-refractivity contribution in [1.29, 1.82) is 0 Å². The van der Waals surface area contributed by atoms with Gasteiger partial charge in [0.05, 0.1) is 10.0 Å². The predicted octanol–water partition coefficient (Wildman–Crippen LogP) is 4.30. The smallest absolute Gasteiger partial charge is 0.0595 e. The summed E-state index contributed by atoms with van der Waals surface area (Å²) >= 11 is 12.0. The molecule has 1 fully saturated rings. The fourth-order valence-corrected chi connectivity index (χ4v) is 3.15. The molecular weight excluding hydrogens is 253 g/mol. The van der Waals surface area contributed by atoms with Crippen LogP contribution in [0, 0.1) is 11.8 Å². The second-order valence-electron chi connectivity index (χ2n) is 4.99. The molecule has 1 nitrogen and oxygen atoms in total. The molecule has 0 saturated heterocycles. The van der Waals surface area contributed by atoms with Crippen LogP contribution in [0.4, 0.5) is 0 Å². The SMILES string of the molecule is NCC1CCCCC1Cc1ccc(Cl)c(Cl)c1. The van der Waals surface area contributed by atoms with Crippen molar-refractivity contribution < 1.29 is 0 Å². The van der Waals surface area contributed by atoms with Gasteiger partial charge in [-0.15, -0.1) is 0 Å². The topological polar surface area (TPSA) is 26.0 Å². The van der Waals surface area contributed by atoms with Gasteiger partial charge in [-0.3, -0.25) is 0 Å². The molecule has 1 aromatic rings. The molecule has 2 atom stereocenters. The van der Waals surface area contributed by atoms with Gasteiger partial charge in [0.1, 0.15) is 0 Å². The molecule has 0 amide bonds. The molecule has 1 aromatic carbocycles. The summed E-state index contributed by atoms with van der Waals surface area (Å²) < 4.78 is 0. The standard InChI is InChI=1S/C14H19Cl2N/c15-13-6-5-10(8-14(13)16)7-11-3-1-2-4-12(11)9-17/h5-6,8,11-12H,1-4,7,9,17H2. The molecule has 2 unspecified atom stereocenters. The number of rotatable bonds is 3. The van der Waals surface area contributed by atoms with E-state index < -0.39 is 0 Å². The first-order chi connectivity index (χ1) is 8.20. The zero-order valence-corrected chi connectivity index (χ0v) is 11.5. The molecule has 0 bridgehead atoms. The summed E-state index contributed by atoms with van der Waals surface area (Å²) in [4.78, 5) is 0. The molecule has 94 valence electrons. The van der Waals surface area contributed by atoms with Gasteiger partial charge in [-0.25, -0.2) is 0 Å². The van der Waals surface area contributed by atoms with Crippen LogP contribution in [0.2, 0.25) is 10.0 Å². The fraction of sp³-hybridized carbons (Fsp3) is 0.571. The molecular formula is C14H19Cl2N. The van der Waals surface area contributed by atoms with Crippen LogP contribution in [-0.4, -0.2) is 6.54 Å². The highest BCUT2D eigenvalue weighted by Crippen LogP contribution is 2.33. The molecule has 2 N–H and O–H groups in total. The fourth-order valence-electron chi connectivity index (χ4n) is 2.83. The number of nitrogens with two attached hydrogens (primary N) is 1. The van der Waals surface area contributed by atoms with Crippen LogP contribution in [0.15, 0.2) is 18.2 Å². The van der Waals surface area contributed by atoms with Crippen LogP contribution in [0.25, 0.3) is 0 Å². The lowest BCUT2D eigenvalue weighted by Gasteiger charge is -2.30. The lowest BCUT2D eigenvalue weighted by molar-refractivity contribution is 0.242. The minimum atomic E-state index is 0.634. The van der Waals surface area contributed by atoms with E-state index in [1.54, 1.807) is 0 Å². The Hall–Kier alpha value is -0.240. The van der Waals surface area contributed by atoms with Gasteiger partial charge in [-0.05, 0) is 55.3 Å².